The van der Waals surface area contributed by atoms with E-state index in [1.165, 1.54) is 12.1 Å². The van der Waals surface area contributed by atoms with Crippen LogP contribution in [0.25, 0.3) is 0 Å². The van der Waals surface area contributed by atoms with E-state index in [1.807, 2.05) is 0 Å². The van der Waals surface area contributed by atoms with Gasteiger partial charge in [0.2, 0.25) is 0 Å². The van der Waals surface area contributed by atoms with E-state index in [4.69, 9.17) is 4.74 Å². The van der Waals surface area contributed by atoms with Gasteiger partial charge in [-0.25, -0.2) is 8.78 Å². The number of hydrogen-bond acceptors (Lipinski definition) is 3. The van der Waals surface area contributed by atoms with E-state index in [0.717, 1.165) is 6.07 Å². The average molecular weight is 245 g/mol. The van der Waals surface area contributed by atoms with E-state index in [-0.39, 0.29) is 6.42 Å². The van der Waals surface area contributed by atoms with Crippen molar-refractivity contribution in [2.24, 2.45) is 0 Å². The Morgan fingerprint density at radius 2 is 1.94 bits per heavy atom. The first-order valence-electron chi connectivity index (χ1n) is 5.44. The molecule has 0 spiro atoms. The van der Waals surface area contributed by atoms with Gasteiger partial charge in [-0.1, -0.05) is 0 Å². The molecule has 0 saturated carbocycles. The molecule has 0 heterocycles. The van der Waals surface area contributed by atoms with Crippen molar-refractivity contribution < 1.29 is 18.6 Å². The zero-order valence-electron chi connectivity index (χ0n) is 9.75. The maximum atomic E-state index is 12.9. The quantitative estimate of drug-likeness (QED) is 0.707. The van der Waals surface area contributed by atoms with Crippen molar-refractivity contribution in [1.29, 1.82) is 0 Å². The molecule has 1 aromatic carbocycles. The van der Waals surface area contributed by atoms with Gasteiger partial charge >= 0.3 is 0 Å². The van der Waals surface area contributed by atoms with Crippen molar-refractivity contribution in [2.45, 2.75) is 12.5 Å². The normalized spacial score (nSPS) is 12.7. The molecule has 0 aliphatic carbocycles. The lowest BCUT2D eigenvalue weighted by atomic mass is 10.1. The number of aliphatic hydroxyl groups is 1. The highest BCUT2D eigenvalue weighted by molar-refractivity contribution is 5.18. The van der Waals surface area contributed by atoms with Gasteiger partial charge in [-0.3, -0.25) is 0 Å². The standard InChI is InChI=1S/C12H17F2NO2/c1-17-3-2-15-8-12(16)6-9-4-10(13)7-11(14)5-9/h4-5,7,12,15-16H,2-3,6,8H2,1H3. The van der Waals surface area contributed by atoms with Crippen LogP contribution in [0.1, 0.15) is 5.56 Å². The Bertz CT molecular complexity index is 327. The number of hydrogen-bond donors (Lipinski definition) is 2. The van der Waals surface area contributed by atoms with Crippen molar-refractivity contribution in [1.82, 2.24) is 5.32 Å². The molecule has 0 fully saturated rings. The lowest BCUT2D eigenvalue weighted by Gasteiger charge is -2.11. The summed E-state index contributed by atoms with van der Waals surface area (Å²) in [7, 11) is 1.59. The van der Waals surface area contributed by atoms with Crippen LogP contribution in [0.15, 0.2) is 18.2 Å². The predicted octanol–water partition coefficient (Wildman–Crippen LogP) is 1.10. The lowest BCUT2D eigenvalue weighted by molar-refractivity contribution is 0.160. The topological polar surface area (TPSA) is 41.5 Å². The van der Waals surface area contributed by atoms with Crippen LogP contribution < -0.4 is 5.32 Å². The molecule has 0 bridgehead atoms. The molecular weight excluding hydrogens is 228 g/mol. The number of aliphatic hydroxyl groups excluding tert-OH is 1. The highest BCUT2D eigenvalue weighted by Crippen LogP contribution is 2.09. The van der Waals surface area contributed by atoms with Crippen LogP contribution in [0, 0.1) is 11.6 Å². The molecule has 5 heteroatoms. The Morgan fingerprint density at radius 1 is 1.29 bits per heavy atom. The summed E-state index contributed by atoms with van der Waals surface area (Å²) < 4.78 is 30.6. The predicted molar refractivity (Wildman–Crippen MR) is 60.8 cm³/mol. The molecule has 17 heavy (non-hydrogen) atoms. The summed E-state index contributed by atoms with van der Waals surface area (Å²) in [4.78, 5) is 0. The summed E-state index contributed by atoms with van der Waals surface area (Å²) in [5, 5.41) is 12.6. The van der Waals surface area contributed by atoms with Gasteiger partial charge in [-0.2, -0.15) is 0 Å². The molecule has 0 saturated heterocycles. The van der Waals surface area contributed by atoms with Crippen LogP contribution >= 0.6 is 0 Å². The van der Waals surface area contributed by atoms with Gasteiger partial charge in [0.1, 0.15) is 11.6 Å². The summed E-state index contributed by atoms with van der Waals surface area (Å²) in [5.74, 6) is -1.25. The number of rotatable bonds is 7. The Kier molecular flexibility index (Phi) is 6.04. The third-order valence-corrected chi connectivity index (χ3v) is 2.26. The maximum absolute atomic E-state index is 12.9. The van der Waals surface area contributed by atoms with Gasteiger partial charge in [0.25, 0.3) is 0 Å². The molecule has 0 aliphatic rings. The number of benzene rings is 1. The number of ether oxygens (including phenoxy) is 1. The maximum Gasteiger partial charge on any atom is 0.126 e. The summed E-state index contributed by atoms with van der Waals surface area (Å²) in [6, 6.07) is 3.26. The third-order valence-electron chi connectivity index (χ3n) is 2.26. The zero-order valence-corrected chi connectivity index (χ0v) is 9.75. The number of methoxy groups -OCH3 is 1. The largest absolute Gasteiger partial charge is 0.391 e. The van der Waals surface area contributed by atoms with Crippen molar-refractivity contribution >= 4 is 0 Å². The smallest absolute Gasteiger partial charge is 0.126 e. The van der Waals surface area contributed by atoms with Crippen LogP contribution in [-0.2, 0) is 11.2 Å². The summed E-state index contributed by atoms with van der Waals surface area (Å²) in [6.07, 6.45) is -0.456. The highest BCUT2D eigenvalue weighted by Gasteiger charge is 2.07. The van der Waals surface area contributed by atoms with Crippen LogP contribution in [0.3, 0.4) is 0 Å². The van der Waals surface area contributed by atoms with E-state index in [1.54, 1.807) is 7.11 Å². The van der Waals surface area contributed by atoms with Crippen LogP contribution in [0.2, 0.25) is 0 Å². The van der Waals surface area contributed by atoms with E-state index >= 15 is 0 Å². The minimum absolute atomic E-state index is 0.217. The van der Waals surface area contributed by atoms with Gasteiger partial charge in [0.05, 0.1) is 12.7 Å². The molecule has 0 amide bonds. The van der Waals surface area contributed by atoms with Crippen molar-refractivity contribution in [3.63, 3.8) is 0 Å². The molecule has 0 radical (unpaired) electrons. The molecule has 1 rings (SSSR count). The van der Waals surface area contributed by atoms with Gasteiger partial charge in [-0.15, -0.1) is 0 Å². The molecule has 1 aromatic rings. The second-order valence-corrected chi connectivity index (χ2v) is 3.83. The zero-order chi connectivity index (χ0) is 12.7. The molecular formula is C12H17F2NO2. The van der Waals surface area contributed by atoms with Gasteiger partial charge in [0, 0.05) is 26.3 Å². The fourth-order valence-corrected chi connectivity index (χ4v) is 1.52. The summed E-state index contributed by atoms with van der Waals surface area (Å²) >= 11 is 0. The first kappa shape index (κ1) is 14.0. The van der Waals surface area contributed by atoms with E-state index in [0.29, 0.717) is 25.3 Å². The Labute approximate surface area is 99.4 Å². The monoisotopic (exact) mass is 245 g/mol. The second-order valence-electron chi connectivity index (χ2n) is 3.83. The fraction of sp³-hybridized carbons (Fsp3) is 0.500. The third kappa shape index (κ3) is 5.72. The van der Waals surface area contributed by atoms with E-state index < -0.39 is 17.7 Å². The minimum atomic E-state index is -0.673. The van der Waals surface area contributed by atoms with Gasteiger partial charge < -0.3 is 15.2 Å². The molecule has 0 aliphatic heterocycles. The highest BCUT2D eigenvalue weighted by atomic mass is 19.1. The van der Waals surface area contributed by atoms with Crippen LogP contribution in [0.4, 0.5) is 8.78 Å². The summed E-state index contributed by atoms with van der Waals surface area (Å²) in [6.45, 7) is 1.55. The van der Waals surface area contributed by atoms with Crippen LogP contribution in [0.5, 0.6) is 0 Å². The average Bonchev–Trinajstić information content (AvgIpc) is 2.23. The SMILES string of the molecule is COCCNCC(O)Cc1cc(F)cc(F)c1. The first-order valence-corrected chi connectivity index (χ1v) is 5.44. The van der Waals surface area contributed by atoms with Crippen molar-refractivity contribution in [3.8, 4) is 0 Å². The lowest BCUT2D eigenvalue weighted by Crippen LogP contribution is -2.30. The minimum Gasteiger partial charge on any atom is -0.391 e. The molecule has 96 valence electrons. The second kappa shape index (κ2) is 7.32. The molecule has 3 nitrogen and oxygen atoms in total. The van der Waals surface area contributed by atoms with Crippen molar-refractivity contribution in [3.05, 3.63) is 35.4 Å². The molecule has 0 aromatic heterocycles. The summed E-state index contributed by atoms with van der Waals surface area (Å²) in [5.41, 5.74) is 0.448. The number of nitrogens with one attached hydrogen (secondary N) is 1. The van der Waals surface area contributed by atoms with Crippen LogP contribution in [-0.4, -0.2) is 38.0 Å². The van der Waals surface area contributed by atoms with Gasteiger partial charge in [-0.05, 0) is 24.1 Å². The fourth-order valence-electron chi connectivity index (χ4n) is 1.52. The van der Waals surface area contributed by atoms with E-state index in [2.05, 4.69) is 5.32 Å². The number of halogens is 2. The first-order chi connectivity index (χ1) is 8.11. The molecule has 2 N–H and O–H groups in total. The molecule has 1 unspecified atom stereocenters. The Morgan fingerprint density at radius 3 is 2.53 bits per heavy atom. The molecule has 1 atom stereocenters. The Hall–Kier alpha value is -1.04. The van der Waals surface area contributed by atoms with E-state index in [9.17, 15) is 13.9 Å². The van der Waals surface area contributed by atoms with Gasteiger partial charge in [0.15, 0.2) is 0 Å². The Balaban J connectivity index is 2.36. The van der Waals surface area contributed by atoms with Crippen molar-refractivity contribution in [2.75, 3.05) is 26.8 Å².